The first kappa shape index (κ1) is 13.5. The fourth-order valence-electron chi connectivity index (χ4n) is 1.59. The number of aromatic nitrogens is 4. The van der Waals surface area contributed by atoms with Gasteiger partial charge in [0.2, 0.25) is 15.9 Å². The van der Waals surface area contributed by atoms with Crippen molar-refractivity contribution in [2.24, 2.45) is 7.05 Å². The van der Waals surface area contributed by atoms with Crippen LogP contribution in [0.5, 0.6) is 0 Å². The predicted molar refractivity (Wildman–Crippen MR) is 65.4 cm³/mol. The molecule has 0 unspecified atom stereocenters. The van der Waals surface area contributed by atoms with Gasteiger partial charge in [-0.1, -0.05) is 5.16 Å². The standard InChI is InChI=1S/C9H14N6O3S/c1-5-8(9(10)13-15(5)3)19(16,17)11-4-7-12-6(2)18-14-7/h11H,4H2,1-3H3,(H2,10,13). The number of hydrogen-bond donors (Lipinski definition) is 2. The summed E-state index contributed by atoms with van der Waals surface area (Å²) in [5.41, 5.74) is 6.05. The Kier molecular flexibility index (Phi) is 3.28. The predicted octanol–water partition coefficient (Wildman–Crippen LogP) is -0.519. The van der Waals surface area contributed by atoms with Gasteiger partial charge in [-0.25, -0.2) is 13.1 Å². The smallest absolute Gasteiger partial charge is 0.246 e. The number of hydrogen-bond acceptors (Lipinski definition) is 7. The normalized spacial score (nSPS) is 11.9. The van der Waals surface area contributed by atoms with Gasteiger partial charge in [0.15, 0.2) is 11.6 Å². The Labute approximate surface area is 109 Å². The molecule has 0 aromatic carbocycles. The summed E-state index contributed by atoms with van der Waals surface area (Å²) in [5, 5.41) is 7.46. The second-order valence-corrected chi connectivity index (χ2v) is 5.68. The second-order valence-electron chi connectivity index (χ2n) is 3.98. The van der Waals surface area contributed by atoms with Crippen LogP contribution in [0, 0.1) is 13.8 Å². The van der Waals surface area contributed by atoms with Gasteiger partial charge in [0.05, 0.1) is 12.2 Å². The van der Waals surface area contributed by atoms with E-state index in [-0.39, 0.29) is 23.1 Å². The molecule has 2 aromatic rings. The Morgan fingerprint density at radius 1 is 1.42 bits per heavy atom. The highest BCUT2D eigenvalue weighted by molar-refractivity contribution is 7.89. The van der Waals surface area contributed by atoms with Crippen molar-refractivity contribution in [3.8, 4) is 0 Å². The zero-order valence-corrected chi connectivity index (χ0v) is 11.5. The molecule has 0 aliphatic rings. The van der Waals surface area contributed by atoms with Crippen LogP contribution in [0.4, 0.5) is 5.82 Å². The van der Waals surface area contributed by atoms with E-state index in [0.29, 0.717) is 11.6 Å². The van der Waals surface area contributed by atoms with Crippen molar-refractivity contribution in [3.05, 3.63) is 17.4 Å². The number of nitrogens with two attached hydrogens (primary N) is 1. The lowest BCUT2D eigenvalue weighted by atomic mass is 10.5. The van der Waals surface area contributed by atoms with E-state index in [0.717, 1.165) is 0 Å². The molecule has 3 N–H and O–H groups in total. The van der Waals surface area contributed by atoms with E-state index >= 15 is 0 Å². The Bertz CT molecular complexity index is 702. The average molecular weight is 286 g/mol. The summed E-state index contributed by atoms with van der Waals surface area (Å²) in [5.74, 6) is 0.573. The maximum Gasteiger partial charge on any atom is 0.246 e. The molecule has 0 aliphatic carbocycles. The van der Waals surface area contributed by atoms with Crippen LogP contribution < -0.4 is 10.5 Å². The van der Waals surface area contributed by atoms with Gasteiger partial charge in [-0.3, -0.25) is 4.68 Å². The van der Waals surface area contributed by atoms with Crippen molar-refractivity contribution in [2.45, 2.75) is 25.3 Å². The van der Waals surface area contributed by atoms with Crippen LogP contribution >= 0.6 is 0 Å². The van der Waals surface area contributed by atoms with Crippen LogP contribution in [0.25, 0.3) is 0 Å². The number of anilines is 1. The largest absolute Gasteiger partial charge is 0.381 e. The molecule has 0 radical (unpaired) electrons. The maximum absolute atomic E-state index is 12.1. The SMILES string of the molecule is Cc1nc(CNS(=O)(=O)c2c(N)nn(C)c2C)no1. The molecule has 0 amide bonds. The Morgan fingerprint density at radius 2 is 2.11 bits per heavy atom. The third-order valence-electron chi connectivity index (χ3n) is 2.56. The quantitative estimate of drug-likeness (QED) is 0.773. The van der Waals surface area contributed by atoms with E-state index in [4.69, 9.17) is 10.3 Å². The lowest BCUT2D eigenvalue weighted by Gasteiger charge is -2.04. The lowest BCUT2D eigenvalue weighted by molar-refractivity contribution is 0.387. The first-order valence-corrected chi connectivity index (χ1v) is 6.87. The molecule has 0 bridgehead atoms. The second kappa shape index (κ2) is 4.63. The van der Waals surface area contributed by atoms with Crippen LogP contribution in [-0.4, -0.2) is 28.3 Å². The van der Waals surface area contributed by atoms with Crippen LogP contribution in [0.3, 0.4) is 0 Å². The molecule has 0 saturated carbocycles. The summed E-state index contributed by atoms with van der Waals surface area (Å²) in [4.78, 5) is 3.87. The fraction of sp³-hybridized carbons (Fsp3) is 0.444. The number of nitrogen functional groups attached to an aromatic ring is 1. The van der Waals surface area contributed by atoms with Gasteiger partial charge in [-0.05, 0) is 6.92 Å². The molecule has 10 heteroatoms. The van der Waals surface area contributed by atoms with Crippen LogP contribution in [0.15, 0.2) is 9.42 Å². The highest BCUT2D eigenvalue weighted by atomic mass is 32.2. The van der Waals surface area contributed by atoms with E-state index < -0.39 is 10.0 Å². The molecule has 0 atom stereocenters. The Hall–Kier alpha value is -1.94. The number of nitrogens with zero attached hydrogens (tertiary/aromatic N) is 4. The molecule has 104 valence electrons. The van der Waals surface area contributed by atoms with Gasteiger partial charge < -0.3 is 10.3 Å². The zero-order valence-electron chi connectivity index (χ0n) is 10.7. The number of nitrogens with one attached hydrogen (secondary N) is 1. The minimum absolute atomic E-state index is 0.0322. The van der Waals surface area contributed by atoms with Gasteiger partial charge in [0, 0.05) is 14.0 Å². The van der Waals surface area contributed by atoms with Gasteiger partial charge in [0.1, 0.15) is 4.90 Å². The van der Waals surface area contributed by atoms with Crippen LogP contribution in [0.2, 0.25) is 0 Å². The summed E-state index contributed by atoms with van der Waals surface area (Å²) < 4.78 is 32.8. The first-order chi connectivity index (χ1) is 8.81. The fourth-order valence-corrected chi connectivity index (χ4v) is 2.89. The Morgan fingerprint density at radius 3 is 2.58 bits per heavy atom. The molecule has 2 aromatic heterocycles. The third kappa shape index (κ3) is 2.58. The number of aryl methyl sites for hydroxylation is 2. The van der Waals surface area contributed by atoms with E-state index in [1.807, 2.05) is 0 Å². The summed E-state index contributed by atoms with van der Waals surface area (Å²) in [6.07, 6.45) is 0. The average Bonchev–Trinajstić information content (AvgIpc) is 2.82. The van der Waals surface area contributed by atoms with Gasteiger partial charge in [-0.15, -0.1) is 0 Å². The van der Waals surface area contributed by atoms with Gasteiger partial charge in [0.25, 0.3) is 0 Å². The molecular weight excluding hydrogens is 272 g/mol. The van der Waals surface area contributed by atoms with Crippen molar-refractivity contribution in [1.29, 1.82) is 0 Å². The Balaban J connectivity index is 2.23. The molecule has 19 heavy (non-hydrogen) atoms. The van der Waals surface area contributed by atoms with Gasteiger partial charge >= 0.3 is 0 Å². The highest BCUT2D eigenvalue weighted by Crippen LogP contribution is 2.20. The van der Waals surface area contributed by atoms with Crippen molar-refractivity contribution in [2.75, 3.05) is 5.73 Å². The minimum Gasteiger partial charge on any atom is -0.381 e. The molecular formula is C9H14N6O3S. The summed E-state index contributed by atoms with van der Waals surface area (Å²) >= 11 is 0. The number of rotatable bonds is 4. The van der Waals surface area contributed by atoms with Crippen LogP contribution in [-0.2, 0) is 23.6 Å². The van der Waals surface area contributed by atoms with Gasteiger partial charge in [-0.2, -0.15) is 10.1 Å². The molecule has 0 spiro atoms. The summed E-state index contributed by atoms with van der Waals surface area (Å²) in [6.45, 7) is 3.16. The van der Waals surface area contributed by atoms with Crippen molar-refractivity contribution < 1.29 is 12.9 Å². The first-order valence-electron chi connectivity index (χ1n) is 5.39. The monoisotopic (exact) mass is 286 g/mol. The zero-order chi connectivity index (χ0) is 14.2. The lowest BCUT2D eigenvalue weighted by Crippen LogP contribution is -2.25. The molecule has 2 rings (SSSR count). The minimum atomic E-state index is -3.77. The van der Waals surface area contributed by atoms with Crippen molar-refractivity contribution >= 4 is 15.8 Å². The molecule has 0 saturated heterocycles. The van der Waals surface area contributed by atoms with E-state index in [1.54, 1.807) is 20.9 Å². The summed E-state index contributed by atoms with van der Waals surface area (Å²) in [7, 11) is -2.15. The molecule has 0 aliphatic heterocycles. The van der Waals surface area contributed by atoms with E-state index in [9.17, 15) is 8.42 Å². The van der Waals surface area contributed by atoms with Crippen molar-refractivity contribution in [3.63, 3.8) is 0 Å². The van der Waals surface area contributed by atoms with Crippen LogP contribution in [0.1, 0.15) is 17.4 Å². The third-order valence-corrected chi connectivity index (χ3v) is 4.13. The van der Waals surface area contributed by atoms with E-state index in [2.05, 4.69) is 20.0 Å². The van der Waals surface area contributed by atoms with Crippen molar-refractivity contribution in [1.82, 2.24) is 24.6 Å². The number of sulfonamides is 1. The summed E-state index contributed by atoms with van der Waals surface area (Å²) in [6, 6.07) is 0. The molecule has 0 fully saturated rings. The topological polar surface area (TPSA) is 129 Å². The highest BCUT2D eigenvalue weighted by Gasteiger charge is 2.24. The maximum atomic E-state index is 12.1. The van der Waals surface area contributed by atoms with E-state index in [1.165, 1.54) is 4.68 Å². The molecule has 9 nitrogen and oxygen atoms in total. The molecule has 2 heterocycles.